The van der Waals surface area contributed by atoms with Crippen LogP contribution < -0.4 is 20.3 Å². The van der Waals surface area contributed by atoms with Crippen LogP contribution in [0.1, 0.15) is 15.9 Å². The third kappa shape index (κ3) is 4.90. The lowest BCUT2D eigenvalue weighted by atomic mass is 10.1. The summed E-state index contributed by atoms with van der Waals surface area (Å²) in [5, 5.41) is 7.55. The summed E-state index contributed by atoms with van der Waals surface area (Å²) in [7, 11) is 3.04. The molecule has 4 rings (SSSR count). The van der Waals surface area contributed by atoms with Gasteiger partial charge in [0.05, 0.1) is 39.1 Å². The number of ether oxygens (including phenoxy) is 2. The molecule has 10 heteroatoms. The van der Waals surface area contributed by atoms with Gasteiger partial charge in [-0.2, -0.15) is 5.10 Å². The average Bonchev–Trinajstić information content (AvgIpc) is 3.25. The topological polar surface area (TPSA) is 100 Å². The SMILES string of the molecule is COc1ccc(C(=O)NCCn2ncc3c(=O)n(Cc4ccc(Br)cc4)cnc32)c(OC)c1. The number of halogens is 1. The number of hydrogen-bond donors (Lipinski definition) is 1. The second kappa shape index (κ2) is 9.86. The Hall–Kier alpha value is -3.66. The number of carbonyl (C=O) groups is 1. The minimum Gasteiger partial charge on any atom is -0.497 e. The second-order valence-corrected chi connectivity index (χ2v) is 8.15. The van der Waals surface area contributed by atoms with Crippen molar-refractivity contribution in [3.63, 3.8) is 0 Å². The smallest absolute Gasteiger partial charge is 0.264 e. The van der Waals surface area contributed by atoms with Crippen LogP contribution in [0, 0.1) is 0 Å². The van der Waals surface area contributed by atoms with Gasteiger partial charge in [-0.15, -0.1) is 0 Å². The van der Waals surface area contributed by atoms with E-state index >= 15 is 0 Å². The minimum atomic E-state index is -0.282. The maximum atomic E-state index is 12.9. The number of hydrogen-bond acceptors (Lipinski definition) is 6. The molecule has 1 amide bonds. The number of carbonyl (C=O) groups excluding carboxylic acids is 1. The molecule has 0 bridgehead atoms. The van der Waals surface area contributed by atoms with Crippen molar-refractivity contribution in [1.82, 2.24) is 24.6 Å². The summed E-state index contributed by atoms with van der Waals surface area (Å²) in [6, 6.07) is 12.8. The first-order chi connectivity index (χ1) is 16.0. The van der Waals surface area contributed by atoms with E-state index in [1.54, 1.807) is 34.6 Å². The molecule has 0 aliphatic rings. The molecular formula is C23H22BrN5O4. The fourth-order valence-electron chi connectivity index (χ4n) is 3.42. The number of aromatic nitrogens is 4. The monoisotopic (exact) mass is 511 g/mol. The van der Waals surface area contributed by atoms with Crippen LogP contribution in [-0.4, -0.2) is 46.0 Å². The number of nitrogens with zero attached hydrogens (tertiary/aromatic N) is 4. The normalized spacial score (nSPS) is 10.9. The van der Waals surface area contributed by atoms with Crippen LogP contribution in [0.5, 0.6) is 11.5 Å². The number of nitrogens with one attached hydrogen (secondary N) is 1. The Bertz CT molecular complexity index is 1350. The molecule has 0 spiro atoms. The van der Waals surface area contributed by atoms with Crippen LogP contribution >= 0.6 is 15.9 Å². The van der Waals surface area contributed by atoms with Crippen LogP contribution in [0.2, 0.25) is 0 Å². The number of rotatable bonds is 8. The predicted octanol–water partition coefficient (Wildman–Crippen LogP) is 2.85. The van der Waals surface area contributed by atoms with Gasteiger partial charge in [0.15, 0.2) is 5.65 Å². The molecule has 0 fully saturated rings. The van der Waals surface area contributed by atoms with E-state index in [0.29, 0.717) is 47.7 Å². The maximum absolute atomic E-state index is 12.9. The molecule has 0 unspecified atom stereocenters. The number of amides is 1. The first kappa shape index (κ1) is 22.5. The van der Waals surface area contributed by atoms with Crippen molar-refractivity contribution < 1.29 is 14.3 Å². The average molecular weight is 512 g/mol. The van der Waals surface area contributed by atoms with Crippen LogP contribution in [0.4, 0.5) is 0 Å². The summed E-state index contributed by atoms with van der Waals surface area (Å²) in [6.45, 7) is 1.07. The number of benzene rings is 2. The quantitative estimate of drug-likeness (QED) is 0.390. The Kier molecular flexibility index (Phi) is 6.74. The van der Waals surface area contributed by atoms with Gasteiger partial charge in [-0.25, -0.2) is 9.67 Å². The van der Waals surface area contributed by atoms with E-state index in [1.807, 2.05) is 24.3 Å². The Morgan fingerprint density at radius 1 is 1.12 bits per heavy atom. The minimum absolute atomic E-state index is 0.166. The highest BCUT2D eigenvalue weighted by Gasteiger charge is 2.14. The number of fused-ring (bicyclic) bond motifs is 1. The van der Waals surface area contributed by atoms with Gasteiger partial charge in [0, 0.05) is 17.1 Å². The van der Waals surface area contributed by atoms with Crippen LogP contribution in [0.25, 0.3) is 11.0 Å². The fraction of sp³-hybridized carbons (Fsp3) is 0.217. The summed E-state index contributed by atoms with van der Waals surface area (Å²) < 4.78 is 14.6. The van der Waals surface area contributed by atoms with Gasteiger partial charge in [-0.05, 0) is 29.8 Å². The van der Waals surface area contributed by atoms with E-state index in [1.165, 1.54) is 19.6 Å². The molecule has 9 nitrogen and oxygen atoms in total. The van der Waals surface area contributed by atoms with Crippen LogP contribution in [0.3, 0.4) is 0 Å². The summed E-state index contributed by atoms with van der Waals surface area (Å²) in [6.07, 6.45) is 3.03. The van der Waals surface area contributed by atoms with Crippen LogP contribution in [-0.2, 0) is 13.1 Å². The molecule has 4 aromatic rings. The Balaban J connectivity index is 1.44. The molecule has 2 aromatic heterocycles. The molecule has 1 N–H and O–H groups in total. The molecule has 0 aliphatic carbocycles. The highest BCUT2D eigenvalue weighted by molar-refractivity contribution is 9.10. The van der Waals surface area contributed by atoms with E-state index in [4.69, 9.17) is 9.47 Å². The lowest BCUT2D eigenvalue weighted by Gasteiger charge is -2.11. The van der Waals surface area contributed by atoms with E-state index in [2.05, 4.69) is 31.3 Å². The van der Waals surface area contributed by atoms with Crippen LogP contribution in [0.15, 0.2) is 64.3 Å². The lowest BCUT2D eigenvalue weighted by Crippen LogP contribution is -2.28. The van der Waals surface area contributed by atoms with Crippen molar-refractivity contribution in [1.29, 1.82) is 0 Å². The third-order valence-electron chi connectivity index (χ3n) is 5.15. The molecule has 170 valence electrons. The Labute approximate surface area is 198 Å². The largest absolute Gasteiger partial charge is 0.497 e. The van der Waals surface area contributed by atoms with Crippen molar-refractivity contribution in [2.75, 3.05) is 20.8 Å². The van der Waals surface area contributed by atoms with Gasteiger partial charge >= 0.3 is 0 Å². The zero-order valence-electron chi connectivity index (χ0n) is 18.1. The molecule has 0 saturated carbocycles. The van der Waals surface area contributed by atoms with Crippen molar-refractivity contribution in [3.05, 3.63) is 80.9 Å². The van der Waals surface area contributed by atoms with Gasteiger partial charge in [0.2, 0.25) is 0 Å². The van der Waals surface area contributed by atoms with E-state index in [9.17, 15) is 9.59 Å². The first-order valence-electron chi connectivity index (χ1n) is 10.2. The Morgan fingerprint density at radius 3 is 2.64 bits per heavy atom. The van der Waals surface area contributed by atoms with Crippen molar-refractivity contribution in [2.45, 2.75) is 13.1 Å². The van der Waals surface area contributed by atoms with Gasteiger partial charge in [-0.3, -0.25) is 14.2 Å². The van der Waals surface area contributed by atoms with Gasteiger partial charge in [0.1, 0.15) is 23.2 Å². The molecule has 2 aromatic carbocycles. The third-order valence-corrected chi connectivity index (χ3v) is 5.68. The molecule has 33 heavy (non-hydrogen) atoms. The highest BCUT2D eigenvalue weighted by atomic mass is 79.9. The van der Waals surface area contributed by atoms with Crippen molar-refractivity contribution in [2.24, 2.45) is 0 Å². The highest BCUT2D eigenvalue weighted by Crippen LogP contribution is 2.24. The summed E-state index contributed by atoms with van der Waals surface area (Å²) in [5.41, 5.74) is 1.70. The van der Waals surface area contributed by atoms with E-state index in [-0.39, 0.29) is 11.5 Å². The van der Waals surface area contributed by atoms with Gasteiger partial charge in [0.25, 0.3) is 11.5 Å². The first-order valence-corrected chi connectivity index (χ1v) is 10.9. The molecule has 0 radical (unpaired) electrons. The van der Waals surface area contributed by atoms with Crippen molar-refractivity contribution >= 4 is 32.9 Å². The molecular weight excluding hydrogens is 490 g/mol. The zero-order valence-corrected chi connectivity index (χ0v) is 19.7. The molecule has 2 heterocycles. The lowest BCUT2D eigenvalue weighted by molar-refractivity contribution is 0.0949. The van der Waals surface area contributed by atoms with E-state index < -0.39 is 0 Å². The summed E-state index contributed by atoms with van der Waals surface area (Å²) >= 11 is 3.41. The van der Waals surface area contributed by atoms with Crippen molar-refractivity contribution in [3.8, 4) is 11.5 Å². The molecule has 0 atom stereocenters. The predicted molar refractivity (Wildman–Crippen MR) is 127 cm³/mol. The fourth-order valence-corrected chi connectivity index (χ4v) is 3.68. The molecule has 0 aliphatic heterocycles. The zero-order chi connectivity index (χ0) is 23.4. The summed E-state index contributed by atoms with van der Waals surface area (Å²) in [5.74, 6) is 0.739. The number of methoxy groups -OCH3 is 2. The maximum Gasteiger partial charge on any atom is 0.264 e. The standard InChI is InChI=1S/C23H22BrN5O4/c1-32-17-7-8-18(20(11-17)33-2)22(30)25-9-10-29-21-19(12-27-29)23(31)28(14-26-21)13-15-3-5-16(24)6-4-15/h3-8,11-12,14H,9-10,13H2,1-2H3,(H,25,30). The summed E-state index contributed by atoms with van der Waals surface area (Å²) in [4.78, 5) is 29.9. The second-order valence-electron chi connectivity index (χ2n) is 7.23. The van der Waals surface area contributed by atoms with Gasteiger partial charge < -0.3 is 14.8 Å². The van der Waals surface area contributed by atoms with Gasteiger partial charge in [-0.1, -0.05) is 28.1 Å². The van der Waals surface area contributed by atoms with E-state index in [0.717, 1.165) is 10.0 Å². The molecule has 0 saturated heterocycles. The Morgan fingerprint density at radius 2 is 1.91 bits per heavy atom.